The Morgan fingerprint density at radius 2 is 1.84 bits per heavy atom. The lowest BCUT2D eigenvalue weighted by molar-refractivity contribution is -0.121. The molecule has 4 nitrogen and oxygen atoms in total. The van der Waals surface area contributed by atoms with Crippen LogP contribution in [0.2, 0.25) is 0 Å². The Morgan fingerprint density at radius 1 is 1.16 bits per heavy atom. The van der Waals surface area contributed by atoms with Crippen molar-refractivity contribution in [3.8, 4) is 0 Å². The summed E-state index contributed by atoms with van der Waals surface area (Å²) in [4.78, 5) is 14.6. The Balaban J connectivity index is 1.73. The molecule has 1 aliphatic heterocycles. The standard InChI is InChI=1S/C21H34N2O2/c1-16(2)11-18-5-7-19(8-6-18)12-21(24)22-13-20-15-23(9-10-25-20)14-17(3)4/h5-8,16-17,20H,9-15H2,1-4H3,(H,22,24). The fourth-order valence-corrected chi connectivity index (χ4v) is 3.33. The van der Waals surface area contributed by atoms with Crippen molar-refractivity contribution < 1.29 is 9.53 Å². The summed E-state index contributed by atoms with van der Waals surface area (Å²) < 4.78 is 5.79. The van der Waals surface area contributed by atoms with Crippen LogP contribution in [-0.2, 0) is 22.4 Å². The second-order valence-corrected chi connectivity index (χ2v) is 8.04. The van der Waals surface area contributed by atoms with Gasteiger partial charge in [-0.05, 0) is 29.4 Å². The van der Waals surface area contributed by atoms with Crippen molar-refractivity contribution >= 4 is 5.91 Å². The van der Waals surface area contributed by atoms with Crippen molar-refractivity contribution in [3.05, 3.63) is 35.4 Å². The molecular weight excluding hydrogens is 312 g/mol. The van der Waals surface area contributed by atoms with Crippen molar-refractivity contribution in [2.45, 2.75) is 46.6 Å². The largest absolute Gasteiger partial charge is 0.374 e. The van der Waals surface area contributed by atoms with Gasteiger partial charge in [-0.2, -0.15) is 0 Å². The number of morpholine rings is 1. The predicted molar refractivity (Wildman–Crippen MR) is 103 cm³/mol. The fourth-order valence-electron chi connectivity index (χ4n) is 3.33. The molecule has 1 aromatic rings. The Bertz CT molecular complexity index is 525. The summed E-state index contributed by atoms with van der Waals surface area (Å²) in [5, 5.41) is 3.03. The third-order valence-electron chi connectivity index (χ3n) is 4.40. The molecule has 1 saturated heterocycles. The SMILES string of the molecule is CC(C)Cc1ccc(CC(=O)NCC2CN(CC(C)C)CCO2)cc1. The van der Waals surface area contributed by atoms with Crippen molar-refractivity contribution in [3.63, 3.8) is 0 Å². The summed E-state index contributed by atoms with van der Waals surface area (Å²) in [5.74, 6) is 1.38. The van der Waals surface area contributed by atoms with Gasteiger partial charge in [-0.15, -0.1) is 0 Å². The second kappa shape index (κ2) is 9.93. The van der Waals surface area contributed by atoms with Crippen LogP contribution >= 0.6 is 0 Å². The molecule has 25 heavy (non-hydrogen) atoms. The minimum Gasteiger partial charge on any atom is -0.374 e. The molecule has 4 heteroatoms. The number of nitrogens with zero attached hydrogens (tertiary/aromatic N) is 1. The normalized spacial score (nSPS) is 18.7. The summed E-state index contributed by atoms with van der Waals surface area (Å²) in [6, 6.07) is 8.41. The lowest BCUT2D eigenvalue weighted by Crippen LogP contribution is -2.48. The van der Waals surface area contributed by atoms with Crippen molar-refractivity contribution in [2.75, 3.05) is 32.8 Å². The third kappa shape index (κ3) is 7.57. The van der Waals surface area contributed by atoms with E-state index in [-0.39, 0.29) is 12.0 Å². The van der Waals surface area contributed by atoms with Gasteiger partial charge in [0.15, 0.2) is 0 Å². The van der Waals surface area contributed by atoms with Gasteiger partial charge >= 0.3 is 0 Å². The van der Waals surface area contributed by atoms with Gasteiger partial charge in [0.1, 0.15) is 0 Å². The predicted octanol–water partition coefficient (Wildman–Crippen LogP) is 2.90. The number of hydrogen-bond donors (Lipinski definition) is 1. The first-order chi connectivity index (χ1) is 11.9. The molecular formula is C21H34N2O2. The minimum absolute atomic E-state index is 0.0705. The lowest BCUT2D eigenvalue weighted by atomic mass is 10.0. The zero-order valence-corrected chi connectivity index (χ0v) is 16.3. The minimum atomic E-state index is 0.0705. The third-order valence-corrected chi connectivity index (χ3v) is 4.40. The molecule has 1 aromatic carbocycles. The van der Waals surface area contributed by atoms with E-state index < -0.39 is 0 Å². The molecule has 1 fully saturated rings. The van der Waals surface area contributed by atoms with Gasteiger partial charge in [-0.3, -0.25) is 9.69 Å². The first-order valence-corrected chi connectivity index (χ1v) is 9.61. The summed E-state index contributed by atoms with van der Waals surface area (Å²) in [6.07, 6.45) is 1.62. The highest BCUT2D eigenvalue weighted by Gasteiger charge is 2.21. The van der Waals surface area contributed by atoms with Crippen molar-refractivity contribution in [2.24, 2.45) is 11.8 Å². The average Bonchev–Trinajstić information content (AvgIpc) is 2.54. The van der Waals surface area contributed by atoms with E-state index in [2.05, 4.69) is 62.2 Å². The maximum absolute atomic E-state index is 12.2. The number of amides is 1. The van der Waals surface area contributed by atoms with Crippen LogP contribution in [0.1, 0.15) is 38.8 Å². The Labute approximate surface area is 152 Å². The summed E-state index contributed by atoms with van der Waals surface area (Å²) in [5.41, 5.74) is 2.40. The number of rotatable bonds is 8. The van der Waals surface area contributed by atoms with E-state index in [1.54, 1.807) is 0 Å². The Kier molecular flexibility index (Phi) is 7.91. The van der Waals surface area contributed by atoms with E-state index in [1.807, 2.05) is 0 Å². The molecule has 0 radical (unpaired) electrons. The molecule has 0 aliphatic carbocycles. The Morgan fingerprint density at radius 3 is 2.48 bits per heavy atom. The first kappa shape index (κ1) is 19.9. The maximum Gasteiger partial charge on any atom is 0.224 e. The average molecular weight is 347 g/mol. The van der Waals surface area contributed by atoms with E-state index in [4.69, 9.17) is 4.74 Å². The van der Waals surface area contributed by atoms with Gasteiger partial charge in [0.05, 0.1) is 19.1 Å². The van der Waals surface area contributed by atoms with Crippen molar-refractivity contribution in [1.82, 2.24) is 10.2 Å². The van der Waals surface area contributed by atoms with Gasteiger partial charge in [0, 0.05) is 26.2 Å². The maximum atomic E-state index is 12.2. The van der Waals surface area contributed by atoms with Gasteiger partial charge < -0.3 is 10.1 Å². The molecule has 0 aromatic heterocycles. The van der Waals surface area contributed by atoms with Gasteiger partial charge in [0.25, 0.3) is 0 Å². The number of hydrogen-bond acceptors (Lipinski definition) is 3. The van der Waals surface area contributed by atoms with Gasteiger partial charge in [-0.25, -0.2) is 0 Å². The molecule has 1 N–H and O–H groups in total. The van der Waals surface area contributed by atoms with Crippen LogP contribution in [0.3, 0.4) is 0 Å². The summed E-state index contributed by atoms with van der Waals surface area (Å²) >= 11 is 0. The molecule has 1 atom stereocenters. The van der Waals surface area contributed by atoms with E-state index in [9.17, 15) is 4.79 Å². The highest BCUT2D eigenvalue weighted by Crippen LogP contribution is 2.11. The first-order valence-electron chi connectivity index (χ1n) is 9.61. The zero-order chi connectivity index (χ0) is 18.2. The van der Waals surface area contributed by atoms with E-state index in [0.717, 1.165) is 38.2 Å². The molecule has 0 bridgehead atoms. The van der Waals surface area contributed by atoms with Crippen LogP contribution in [0, 0.1) is 11.8 Å². The van der Waals surface area contributed by atoms with Crippen LogP contribution in [0.5, 0.6) is 0 Å². The smallest absolute Gasteiger partial charge is 0.224 e. The van der Waals surface area contributed by atoms with Gasteiger partial charge in [0.2, 0.25) is 5.91 Å². The number of carbonyl (C=O) groups excluding carboxylic acids is 1. The molecule has 140 valence electrons. The second-order valence-electron chi connectivity index (χ2n) is 8.04. The zero-order valence-electron chi connectivity index (χ0n) is 16.3. The van der Waals surface area contributed by atoms with E-state index in [0.29, 0.717) is 24.8 Å². The number of benzene rings is 1. The van der Waals surface area contributed by atoms with Crippen LogP contribution in [-0.4, -0.2) is 49.7 Å². The topological polar surface area (TPSA) is 41.6 Å². The Hall–Kier alpha value is -1.39. The molecule has 2 rings (SSSR count). The van der Waals surface area contributed by atoms with Crippen LogP contribution in [0.4, 0.5) is 0 Å². The van der Waals surface area contributed by atoms with Crippen LogP contribution in [0.15, 0.2) is 24.3 Å². The molecule has 0 saturated carbocycles. The quantitative estimate of drug-likeness (QED) is 0.787. The molecule has 0 spiro atoms. The molecule has 1 heterocycles. The molecule has 1 unspecified atom stereocenters. The lowest BCUT2D eigenvalue weighted by Gasteiger charge is -2.33. The highest BCUT2D eigenvalue weighted by molar-refractivity contribution is 5.78. The summed E-state index contributed by atoms with van der Waals surface area (Å²) in [7, 11) is 0. The molecule has 1 amide bonds. The van der Waals surface area contributed by atoms with Gasteiger partial charge in [-0.1, -0.05) is 52.0 Å². The van der Waals surface area contributed by atoms with E-state index >= 15 is 0 Å². The number of nitrogens with one attached hydrogen (secondary N) is 1. The van der Waals surface area contributed by atoms with Crippen molar-refractivity contribution in [1.29, 1.82) is 0 Å². The number of carbonyl (C=O) groups is 1. The van der Waals surface area contributed by atoms with Crippen LogP contribution < -0.4 is 5.32 Å². The number of ether oxygens (including phenoxy) is 1. The monoisotopic (exact) mass is 346 g/mol. The fraction of sp³-hybridized carbons (Fsp3) is 0.667. The highest BCUT2D eigenvalue weighted by atomic mass is 16.5. The summed E-state index contributed by atoms with van der Waals surface area (Å²) in [6.45, 7) is 13.2. The van der Waals surface area contributed by atoms with E-state index in [1.165, 1.54) is 5.56 Å². The van der Waals surface area contributed by atoms with Crippen LogP contribution in [0.25, 0.3) is 0 Å². The molecule has 1 aliphatic rings.